The van der Waals surface area contributed by atoms with Gasteiger partial charge >= 0.3 is 5.97 Å². The maximum Gasteiger partial charge on any atom is 0.306 e. The molecule has 0 bridgehead atoms. The van der Waals surface area contributed by atoms with E-state index in [0.717, 1.165) is 30.6 Å². The van der Waals surface area contributed by atoms with E-state index in [1.54, 1.807) is 12.4 Å². The van der Waals surface area contributed by atoms with Gasteiger partial charge in [0.15, 0.2) is 5.15 Å². The second-order valence-electron chi connectivity index (χ2n) is 5.47. The highest BCUT2D eigenvalue weighted by molar-refractivity contribution is 6.32. The molecular formula is C15H18ClN3O2. The third-order valence-electron chi connectivity index (χ3n) is 4.11. The number of ether oxygens (including phenoxy) is 1. The van der Waals surface area contributed by atoms with Crippen molar-refractivity contribution in [3.63, 3.8) is 0 Å². The predicted octanol–water partition coefficient (Wildman–Crippen LogP) is 3.22. The number of esters is 1. The highest BCUT2D eigenvalue weighted by atomic mass is 35.5. The Morgan fingerprint density at radius 2 is 2.33 bits per heavy atom. The Bertz CT molecular complexity index is 655. The van der Waals surface area contributed by atoms with Crippen LogP contribution >= 0.6 is 11.6 Å². The molecule has 0 aliphatic heterocycles. The van der Waals surface area contributed by atoms with Gasteiger partial charge in [0.05, 0.1) is 12.8 Å². The monoisotopic (exact) mass is 307 g/mol. The van der Waals surface area contributed by atoms with Gasteiger partial charge in [-0.1, -0.05) is 11.6 Å². The van der Waals surface area contributed by atoms with E-state index < -0.39 is 0 Å². The van der Waals surface area contributed by atoms with Crippen LogP contribution in [0.3, 0.4) is 0 Å². The summed E-state index contributed by atoms with van der Waals surface area (Å²) >= 11 is 6.08. The van der Waals surface area contributed by atoms with Gasteiger partial charge in [0.1, 0.15) is 11.3 Å². The number of hydrogen-bond donors (Lipinski definition) is 0. The molecule has 1 aliphatic rings. The van der Waals surface area contributed by atoms with E-state index in [-0.39, 0.29) is 5.97 Å². The Balaban J connectivity index is 1.73. The van der Waals surface area contributed by atoms with Crippen LogP contribution in [0.5, 0.6) is 0 Å². The Kier molecular flexibility index (Phi) is 4.10. The normalized spacial score (nSPS) is 21.8. The summed E-state index contributed by atoms with van der Waals surface area (Å²) in [6.07, 6.45) is 8.91. The molecule has 0 saturated heterocycles. The molecule has 2 aromatic heterocycles. The van der Waals surface area contributed by atoms with Crippen LogP contribution in [0.2, 0.25) is 5.15 Å². The van der Waals surface area contributed by atoms with Crippen molar-refractivity contribution in [2.45, 2.75) is 38.5 Å². The summed E-state index contributed by atoms with van der Waals surface area (Å²) in [5.41, 5.74) is 0.836. The molecule has 1 saturated carbocycles. The summed E-state index contributed by atoms with van der Waals surface area (Å²) in [7, 11) is 0. The average molecular weight is 308 g/mol. The van der Waals surface area contributed by atoms with Gasteiger partial charge in [-0.15, -0.1) is 0 Å². The molecule has 2 atom stereocenters. The van der Waals surface area contributed by atoms with E-state index >= 15 is 0 Å². The maximum atomic E-state index is 11.6. The molecule has 2 unspecified atom stereocenters. The highest BCUT2D eigenvalue weighted by Gasteiger charge is 2.30. The summed E-state index contributed by atoms with van der Waals surface area (Å²) in [5, 5.41) is 0.470. The van der Waals surface area contributed by atoms with E-state index in [2.05, 4.69) is 9.97 Å². The molecular weight excluding hydrogens is 290 g/mol. The van der Waals surface area contributed by atoms with Crippen LogP contribution < -0.4 is 0 Å². The van der Waals surface area contributed by atoms with E-state index in [1.165, 1.54) is 0 Å². The fraction of sp³-hybridized carbons (Fsp3) is 0.533. The first-order valence-corrected chi connectivity index (χ1v) is 7.70. The van der Waals surface area contributed by atoms with Crippen LogP contribution in [-0.2, 0) is 9.53 Å². The van der Waals surface area contributed by atoms with Crippen LogP contribution in [0.1, 0.15) is 44.3 Å². The number of aromatic nitrogens is 3. The molecule has 1 aliphatic carbocycles. The molecule has 0 radical (unpaired) electrons. The number of carbonyl (C=O) groups is 1. The predicted molar refractivity (Wildman–Crippen MR) is 79.3 cm³/mol. The van der Waals surface area contributed by atoms with Crippen molar-refractivity contribution in [2.24, 2.45) is 5.92 Å². The third-order valence-corrected chi connectivity index (χ3v) is 4.40. The number of imidazole rings is 1. The molecule has 5 nitrogen and oxygen atoms in total. The summed E-state index contributed by atoms with van der Waals surface area (Å²) in [6, 6.07) is 0. The lowest BCUT2D eigenvalue weighted by Crippen LogP contribution is -2.09. The van der Waals surface area contributed by atoms with Gasteiger partial charge in [-0.25, -0.2) is 9.97 Å². The minimum Gasteiger partial charge on any atom is -0.466 e. The molecule has 0 N–H and O–H groups in total. The van der Waals surface area contributed by atoms with Crippen LogP contribution in [-0.4, -0.2) is 26.9 Å². The lowest BCUT2D eigenvalue weighted by molar-refractivity contribution is -0.144. The summed E-state index contributed by atoms with van der Waals surface area (Å²) in [4.78, 5) is 20.2. The van der Waals surface area contributed by atoms with Crippen molar-refractivity contribution in [3.05, 3.63) is 29.6 Å². The van der Waals surface area contributed by atoms with Crippen molar-refractivity contribution >= 4 is 23.1 Å². The molecule has 0 aromatic carbocycles. The topological polar surface area (TPSA) is 56.5 Å². The smallest absolute Gasteiger partial charge is 0.306 e. The van der Waals surface area contributed by atoms with Gasteiger partial charge in [-0.2, -0.15) is 0 Å². The molecule has 6 heteroatoms. The maximum absolute atomic E-state index is 11.6. The quantitative estimate of drug-likeness (QED) is 0.814. The van der Waals surface area contributed by atoms with E-state index in [9.17, 15) is 4.79 Å². The Hall–Kier alpha value is -1.62. The molecule has 0 spiro atoms. The first-order chi connectivity index (χ1) is 10.2. The van der Waals surface area contributed by atoms with E-state index in [4.69, 9.17) is 16.3 Å². The molecule has 112 valence electrons. The molecule has 0 amide bonds. The zero-order valence-corrected chi connectivity index (χ0v) is 12.7. The van der Waals surface area contributed by atoms with E-state index in [0.29, 0.717) is 30.0 Å². The van der Waals surface area contributed by atoms with Crippen molar-refractivity contribution < 1.29 is 9.53 Å². The summed E-state index contributed by atoms with van der Waals surface area (Å²) in [6.45, 7) is 2.29. The number of nitrogens with zero attached hydrogens (tertiary/aromatic N) is 3. The van der Waals surface area contributed by atoms with Crippen LogP contribution in [0.4, 0.5) is 0 Å². The first-order valence-electron chi connectivity index (χ1n) is 7.32. The van der Waals surface area contributed by atoms with Crippen molar-refractivity contribution in [3.8, 4) is 0 Å². The van der Waals surface area contributed by atoms with Gasteiger partial charge in [-0.05, 0) is 32.1 Å². The number of halogens is 1. The molecule has 3 rings (SSSR count). The van der Waals surface area contributed by atoms with Crippen molar-refractivity contribution in [1.82, 2.24) is 14.4 Å². The van der Waals surface area contributed by atoms with Gasteiger partial charge in [-0.3, -0.25) is 9.20 Å². The van der Waals surface area contributed by atoms with Crippen LogP contribution in [0, 0.1) is 5.92 Å². The lowest BCUT2D eigenvalue weighted by atomic mass is 10.0. The fourth-order valence-electron chi connectivity index (χ4n) is 3.17. The minimum absolute atomic E-state index is 0.0941. The van der Waals surface area contributed by atoms with Crippen LogP contribution in [0.25, 0.3) is 5.52 Å². The largest absolute Gasteiger partial charge is 0.466 e. The second kappa shape index (κ2) is 6.02. The SMILES string of the molecule is CCOC(=O)CC1CCC(c2ncc3c(Cl)nccn23)C1. The highest BCUT2D eigenvalue weighted by Crippen LogP contribution is 2.39. The second-order valence-corrected chi connectivity index (χ2v) is 5.83. The molecule has 1 fully saturated rings. The number of carbonyl (C=O) groups excluding carboxylic acids is 1. The standard InChI is InChI=1S/C15H18ClN3O2/c1-2-21-13(20)8-10-3-4-11(7-10)15-18-9-12-14(16)17-5-6-19(12)15/h5-6,9-11H,2-4,7-8H2,1H3. The van der Waals surface area contributed by atoms with Gasteiger partial charge in [0, 0.05) is 24.7 Å². The number of rotatable bonds is 4. The summed E-state index contributed by atoms with van der Waals surface area (Å²) in [5.74, 6) is 1.67. The molecule has 2 aromatic rings. The van der Waals surface area contributed by atoms with Crippen molar-refractivity contribution in [1.29, 1.82) is 0 Å². The minimum atomic E-state index is -0.0941. The number of fused-ring (bicyclic) bond motifs is 1. The van der Waals surface area contributed by atoms with Gasteiger partial charge in [0.2, 0.25) is 0 Å². The first kappa shape index (κ1) is 14.3. The fourth-order valence-corrected chi connectivity index (χ4v) is 3.36. The van der Waals surface area contributed by atoms with Gasteiger partial charge < -0.3 is 4.74 Å². The molecule has 2 heterocycles. The summed E-state index contributed by atoms with van der Waals surface area (Å²) < 4.78 is 7.04. The zero-order valence-electron chi connectivity index (χ0n) is 12.0. The third kappa shape index (κ3) is 2.88. The zero-order chi connectivity index (χ0) is 14.8. The van der Waals surface area contributed by atoms with E-state index in [1.807, 2.05) is 17.5 Å². The average Bonchev–Trinajstić information content (AvgIpc) is 3.06. The Labute approximate surface area is 128 Å². The molecule has 21 heavy (non-hydrogen) atoms. The van der Waals surface area contributed by atoms with Crippen molar-refractivity contribution in [2.75, 3.05) is 6.61 Å². The van der Waals surface area contributed by atoms with Crippen LogP contribution in [0.15, 0.2) is 18.6 Å². The Morgan fingerprint density at radius 3 is 3.14 bits per heavy atom. The number of hydrogen-bond acceptors (Lipinski definition) is 4. The van der Waals surface area contributed by atoms with Gasteiger partial charge in [0.25, 0.3) is 0 Å². The Morgan fingerprint density at radius 1 is 1.48 bits per heavy atom. The lowest BCUT2D eigenvalue weighted by Gasteiger charge is -2.10.